The fourth-order valence-corrected chi connectivity index (χ4v) is 3.29. The van der Waals surface area contributed by atoms with Crippen LogP contribution in [-0.2, 0) is 10.0 Å². The molecule has 102 valence electrons. The van der Waals surface area contributed by atoms with E-state index >= 15 is 0 Å². The summed E-state index contributed by atoms with van der Waals surface area (Å²) < 4.78 is 26.2. The lowest BCUT2D eigenvalue weighted by Crippen LogP contribution is -2.31. The second-order valence-electron chi connectivity index (χ2n) is 6.00. The molecule has 17 heavy (non-hydrogen) atoms. The maximum atomic E-state index is 11.7. The third-order valence-electron chi connectivity index (χ3n) is 3.23. The summed E-state index contributed by atoms with van der Waals surface area (Å²) in [4.78, 5) is 0. The van der Waals surface area contributed by atoms with Crippen molar-refractivity contribution in [2.24, 2.45) is 5.41 Å². The Labute approximate surface area is 106 Å². The summed E-state index contributed by atoms with van der Waals surface area (Å²) in [5.41, 5.74) is 0.159. The van der Waals surface area contributed by atoms with Gasteiger partial charge in [-0.15, -0.1) is 0 Å². The van der Waals surface area contributed by atoms with Gasteiger partial charge >= 0.3 is 0 Å². The van der Waals surface area contributed by atoms with Crippen molar-refractivity contribution in [3.8, 4) is 0 Å². The van der Waals surface area contributed by atoms with Gasteiger partial charge in [0.25, 0.3) is 0 Å². The Morgan fingerprint density at radius 1 is 1.29 bits per heavy atom. The smallest absolute Gasteiger partial charge is 0.211 e. The van der Waals surface area contributed by atoms with Crippen LogP contribution in [0.15, 0.2) is 0 Å². The predicted octanol–water partition coefficient (Wildman–Crippen LogP) is 1.48. The Hall–Kier alpha value is -0.130. The van der Waals surface area contributed by atoms with Gasteiger partial charge in [-0.3, -0.25) is 0 Å². The third-order valence-corrected chi connectivity index (χ3v) is 4.70. The maximum absolute atomic E-state index is 11.7. The monoisotopic (exact) mass is 262 g/mol. The quantitative estimate of drug-likeness (QED) is 0.652. The number of hydrogen-bond acceptors (Lipinski definition) is 3. The highest BCUT2D eigenvalue weighted by atomic mass is 32.2. The van der Waals surface area contributed by atoms with Crippen LogP contribution in [-0.4, -0.2) is 32.8 Å². The summed E-state index contributed by atoms with van der Waals surface area (Å²) >= 11 is 0. The zero-order chi connectivity index (χ0) is 13.1. The van der Waals surface area contributed by atoms with E-state index < -0.39 is 10.0 Å². The summed E-state index contributed by atoms with van der Waals surface area (Å²) in [7, 11) is -3.07. The summed E-state index contributed by atoms with van der Waals surface area (Å²) in [6.07, 6.45) is 2.59. The number of hydrogen-bond donors (Lipinski definition) is 2. The Morgan fingerprint density at radius 3 is 2.35 bits per heavy atom. The number of unbranched alkanes of at least 4 members (excludes halogenated alkanes) is 1. The molecule has 0 spiro atoms. The van der Waals surface area contributed by atoms with Gasteiger partial charge in [0.1, 0.15) is 0 Å². The Balaban J connectivity index is 2.13. The minimum Gasteiger partial charge on any atom is -0.315 e. The number of sulfonamides is 1. The minimum atomic E-state index is -3.07. The lowest BCUT2D eigenvalue weighted by atomic mass is 10.2. The molecule has 1 atom stereocenters. The van der Waals surface area contributed by atoms with Crippen molar-refractivity contribution >= 4 is 10.0 Å². The van der Waals surface area contributed by atoms with E-state index in [0.717, 1.165) is 25.8 Å². The molecule has 1 unspecified atom stereocenters. The predicted molar refractivity (Wildman–Crippen MR) is 71.5 cm³/mol. The van der Waals surface area contributed by atoms with Gasteiger partial charge in [-0.05, 0) is 31.2 Å². The van der Waals surface area contributed by atoms with Crippen molar-refractivity contribution in [3.05, 3.63) is 0 Å². The van der Waals surface area contributed by atoms with Crippen LogP contribution in [0.3, 0.4) is 0 Å². The van der Waals surface area contributed by atoms with Crippen LogP contribution in [0, 0.1) is 5.41 Å². The average Bonchev–Trinajstić information content (AvgIpc) is 2.70. The minimum absolute atomic E-state index is 0.154. The van der Waals surface area contributed by atoms with E-state index in [4.69, 9.17) is 0 Å². The van der Waals surface area contributed by atoms with Gasteiger partial charge in [-0.2, -0.15) is 0 Å². The van der Waals surface area contributed by atoms with Gasteiger partial charge in [0.15, 0.2) is 0 Å². The first-order valence-corrected chi connectivity index (χ1v) is 8.11. The summed E-state index contributed by atoms with van der Waals surface area (Å²) in [6, 6.07) is 0.623. The topological polar surface area (TPSA) is 58.2 Å². The Bertz CT molecular complexity index is 336. The molecule has 1 aliphatic rings. The normalized spacial score (nSPS) is 23.0. The van der Waals surface area contributed by atoms with Crippen molar-refractivity contribution in [3.63, 3.8) is 0 Å². The molecule has 0 radical (unpaired) electrons. The molecule has 4 nitrogen and oxygen atoms in total. The molecular formula is C12H26N2O2S. The van der Waals surface area contributed by atoms with E-state index in [9.17, 15) is 8.42 Å². The molecule has 0 saturated heterocycles. The molecule has 5 heteroatoms. The second-order valence-corrected chi connectivity index (χ2v) is 7.87. The van der Waals surface area contributed by atoms with Crippen molar-refractivity contribution in [1.82, 2.24) is 10.0 Å². The Kier molecular flexibility index (Phi) is 4.98. The number of nitrogens with one attached hydrogen (secondary N) is 2. The van der Waals surface area contributed by atoms with E-state index in [1.165, 1.54) is 0 Å². The van der Waals surface area contributed by atoms with Crippen LogP contribution in [0.1, 0.15) is 47.0 Å². The van der Waals surface area contributed by atoms with Crippen LogP contribution < -0.4 is 10.0 Å². The van der Waals surface area contributed by atoms with E-state index in [1.807, 2.05) is 0 Å². The maximum Gasteiger partial charge on any atom is 0.211 e. The van der Waals surface area contributed by atoms with E-state index in [-0.39, 0.29) is 17.2 Å². The summed E-state index contributed by atoms with van der Waals surface area (Å²) in [6.45, 7) is 9.25. The fourth-order valence-electron chi connectivity index (χ4n) is 1.75. The van der Waals surface area contributed by atoms with Gasteiger partial charge in [0.05, 0.1) is 5.75 Å². The molecule has 2 N–H and O–H groups in total. The molecular weight excluding hydrogens is 236 g/mol. The first-order valence-electron chi connectivity index (χ1n) is 6.46. The standard InChI is InChI=1S/C12H26N2O2S/c1-10(2)13-7-5-6-8-17(15,16)14-11-9-12(11,3)4/h10-11,13-14H,5-9H2,1-4H3. The highest BCUT2D eigenvalue weighted by Crippen LogP contribution is 2.44. The van der Waals surface area contributed by atoms with Crippen molar-refractivity contribution in [2.75, 3.05) is 12.3 Å². The zero-order valence-electron chi connectivity index (χ0n) is 11.4. The lowest BCUT2D eigenvalue weighted by molar-refractivity contribution is 0.544. The third kappa shape index (κ3) is 5.84. The molecule has 1 rings (SSSR count). The first kappa shape index (κ1) is 14.9. The molecule has 0 amide bonds. The van der Waals surface area contributed by atoms with Crippen LogP contribution >= 0.6 is 0 Å². The average molecular weight is 262 g/mol. The number of rotatable bonds is 8. The molecule has 1 aliphatic carbocycles. The van der Waals surface area contributed by atoms with Crippen LogP contribution in [0.2, 0.25) is 0 Å². The van der Waals surface area contributed by atoms with E-state index in [2.05, 4.69) is 37.7 Å². The highest BCUT2D eigenvalue weighted by molar-refractivity contribution is 7.89. The van der Waals surface area contributed by atoms with Gasteiger partial charge in [-0.25, -0.2) is 13.1 Å². The fraction of sp³-hybridized carbons (Fsp3) is 1.00. The highest BCUT2D eigenvalue weighted by Gasteiger charge is 2.47. The molecule has 0 aromatic carbocycles. The molecule has 1 saturated carbocycles. The van der Waals surface area contributed by atoms with Crippen LogP contribution in [0.25, 0.3) is 0 Å². The lowest BCUT2D eigenvalue weighted by Gasteiger charge is -2.09. The summed E-state index contributed by atoms with van der Waals surface area (Å²) in [5.74, 6) is 0.249. The van der Waals surface area contributed by atoms with Crippen molar-refractivity contribution in [2.45, 2.75) is 59.0 Å². The van der Waals surface area contributed by atoms with Crippen molar-refractivity contribution < 1.29 is 8.42 Å². The second kappa shape index (κ2) is 5.67. The molecule has 0 aromatic rings. The molecule has 0 aliphatic heterocycles. The van der Waals surface area contributed by atoms with Gasteiger partial charge in [-0.1, -0.05) is 27.7 Å². The Morgan fingerprint density at radius 2 is 1.88 bits per heavy atom. The SMILES string of the molecule is CC(C)NCCCCS(=O)(=O)NC1CC1(C)C. The molecule has 0 heterocycles. The van der Waals surface area contributed by atoms with Crippen LogP contribution in [0.4, 0.5) is 0 Å². The zero-order valence-corrected chi connectivity index (χ0v) is 12.2. The van der Waals surface area contributed by atoms with E-state index in [0.29, 0.717) is 6.04 Å². The summed E-state index contributed by atoms with van der Waals surface area (Å²) in [5, 5.41) is 3.28. The molecule has 1 fully saturated rings. The molecule has 0 bridgehead atoms. The van der Waals surface area contributed by atoms with Crippen molar-refractivity contribution in [1.29, 1.82) is 0 Å². The molecule has 0 aromatic heterocycles. The largest absolute Gasteiger partial charge is 0.315 e. The van der Waals surface area contributed by atoms with Gasteiger partial charge in [0, 0.05) is 12.1 Å². The first-order chi connectivity index (χ1) is 7.73. The van der Waals surface area contributed by atoms with Crippen LogP contribution in [0.5, 0.6) is 0 Å². The van der Waals surface area contributed by atoms with E-state index in [1.54, 1.807) is 0 Å². The van der Waals surface area contributed by atoms with Gasteiger partial charge < -0.3 is 5.32 Å². The van der Waals surface area contributed by atoms with Gasteiger partial charge in [0.2, 0.25) is 10.0 Å².